The number of amides is 4. The number of imide groups is 1. The molecule has 0 bridgehead atoms. The Balaban J connectivity index is 1.27. The zero-order valence-corrected chi connectivity index (χ0v) is 18.1. The molecular weight excluding hydrogens is 410 g/mol. The molecule has 5 rings (SSSR count). The first kappa shape index (κ1) is 21.1. The second-order valence-electron chi connectivity index (χ2n) is 9.10. The van der Waals surface area contributed by atoms with Crippen LogP contribution in [0.1, 0.15) is 47.2 Å². The van der Waals surface area contributed by atoms with Crippen LogP contribution in [0.5, 0.6) is 0 Å². The third-order valence-corrected chi connectivity index (χ3v) is 7.05. The Labute approximate surface area is 187 Å². The Hall–Kier alpha value is -2.78. The highest BCUT2D eigenvalue weighted by molar-refractivity contribution is 6.05. The average molecular weight is 440 g/mol. The van der Waals surface area contributed by atoms with E-state index in [0.717, 1.165) is 56.7 Å². The lowest BCUT2D eigenvalue weighted by Gasteiger charge is -2.33. The van der Waals surface area contributed by atoms with Gasteiger partial charge >= 0.3 is 0 Å². The van der Waals surface area contributed by atoms with E-state index in [2.05, 4.69) is 15.5 Å². The van der Waals surface area contributed by atoms with Crippen LogP contribution in [0.15, 0.2) is 18.2 Å². The van der Waals surface area contributed by atoms with Crippen LogP contribution < -0.4 is 10.6 Å². The van der Waals surface area contributed by atoms with E-state index in [-0.39, 0.29) is 30.2 Å². The molecular formula is C23H29N5O4. The molecule has 1 aromatic carbocycles. The lowest BCUT2D eigenvalue weighted by molar-refractivity contribution is -0.137. The molecule has 9 nitrogen and oxygen atoms in total. The lowest BCUT2D eigenvalue weighted by Crippen LogP contribution is -2.52. The first-order chi connectivity index (χ1) is 15.5. The molecule has 2 N–H and O–H groups in total. The molecule has 0 radical (unpaired) electrons. The van der Waals surface area contributed by atoms with E-state index in [4.69, 9.17) is 0 Å². The maximum absolute atomic E-state index is 13.0. The van der Waals surface area contributed by atoms with Crippen LogP contribution in [0.3, 0.4) is 0 Å². The maximum atomic E-state index is 13.0. The molecule has 0 spiro atoms. The summed E-state index contributed by atoms with van der Waals surface area (Å²) in [6.07, 6.45) is 2.50. The van der Waals surface area contributed by atoms with Gasteiger partial charge in [-0.05, 0) is 43.0 Å². The molecule has 4 heterocycles. The zero-order valence-electron chi connectivity index (χ0n) is 18.1. The van der Waals surface area contributed by atoms with Crippen LogP contribution in [-0.2, 0) is 27.5 Å². The standard InChI is InChI=1S/C23H29N5O4/c29-20-6-5-18(21(30)25-20)28-14-16-12-15(3-4-17(16)22(28)31)13-27-9-1-2-19(27)23(32)26-10-7-24-8-11-26/h3-4,12,18-19,24H,1-2,5-11,13-14H2,(H,25,29,30)/t18?,19-/m0/s1. The van der Waals surface area contributed by atoms with Gasteiger partial charge in [0.2, 0.25) is 17.7 Å². The van der Waals surface area contributed by atoms with E-state index >= 15 is 0 Å². The predicted molar refractivity (Wildman–Crippen MR) is 115 cm³/mol. The average Bonchev–Trinajstić information content (AvgIpc) is 3.38. The van der Waals surface area contributed by atoms with Gasteiger partial charge in [-0.2, -0.15) is 0 Å². The normalized spacial score (nSPS) is 26.4. The van der Waals surface area contributed by atoms with Crippen molar-refractivity contribution in [3.63, 3.8) is 0 Å². The van der Waals surface area contributed by atoms with Crippen molar-refractivity contribution in [3.8, 4) is 0 Å². The highest BCUT2D eigenvalue weighted by atomic mass is 16.2. The van der Waals surface area contributed by atoms with Crippen molar-refractivity contribution >= 4 is 23.6 Å². The minimum Gasteiger partial charge on any atom is -0.339 e. The number of likely N-dealkylation sites (tertiary alicyclic amines) is 1. The molecule has 9 heteroatoms. The fourth-order valence-corrected chi connectivity index (χ4v) is 5.35. The minimum absolute atomic E-state index is 0.0806. The molecule has 0 aromatic heterocycles. The van der Waals surface area contributed by atoms with E-state index in [1.807, 2.05) is 23.1 Å². The van der Waals surface area contributed by atoms with E-state index in [0.29, 0.717) is 25.1 Å². The summed E-state index contributed by atoms with van der Waals surface area (Å²) in [5.74, 6) is -0.611. The van der Waals surface area contributed by atoms with Gasteiger partial charge in [0, 0.05) is 51.3 Å². The predicted octanol–water partition coefficient (Wildman–Crippen LogP) is -0.156. The molecule has 2 atom stereocenters. The molecule has 3 saturated heterocycles. The molecule has 32 heavy (non-hydrogen) atoms. The first-order valence-corrected chi connectivity index (χ1v) is 11.5. The van der Waals surface area contributed by atoms with E-state index in [9.17, 15) is 19.2 Å². The van der Waals surface area contributed by atoms with Gasteiger partial charge in [-0.3, -0.25) is 29.4 Å². The third kappa shape index (κ3) is 3.91. The van der Waals surface area contributed by atoms with Gasteiger partial charge in [-0.15, -0.1) is 0 Å². The van der Waals surface area contributed by atoms with Gasteiger partial charge in [0.1, 0.15) is 6.04 Å². The number of piperidine rings is 1. The number of nitrogens with zero attached hydrogens (tertiary/aromatic N) is 3. The summed E-state index contributed by atoms with van der Waals surface area (Å²) in [5.41, 5.74) is 2.59. The Kier molecular flexibility index (Phi) is 5.69. The van der Waals surface area contributed by atoms with Crippen molar-refractivity contribution in [1.29, 1.82) is 0 Å². The summed E-state index contributed by atoms with van der Waals surface area (Å²) >= 11 is 0. The number of hydrogen-bond acceptors (Lipinski definition) is 6. The summed E-state index contributed by atoms with van der Waals surface area (Å²) in [7, 11) is 0. The maximum Gasteiger partial charge on any atom is 0.255 e. The topological polar surface area (TPSA) is 102 Å². The van der Waals surface area contributed by atoms with Gasteiger partial charge in [0.25, 0.3) is 5.91 Å². The summed E-state index contributed by atoms with van der Waals surface area (Å²) in [5, 5.41) is 5.63. The highest BCUT2D eigenvalue weighted by Crippen LogP contribution is 2.29. The van der Waals surface area contributed by atoms with Gasteiger partial charge < -0.3 is 15.1 Å². The Morgan fingerprint density at radius 3 is 2.66 bits per heavy atom. The van der Waals surface area contributed by atoms with Gasteiger partial charge in [-0.25, -0.2) is 0 Å². The van der Waals surface area contributed by atoms with Gasteiger partial charge in [0.05, 0.1) is 6.04 Å². The number of nitrogens with one attached hydrogen (secondary N) is 2. The van der Waals surface area contributed by atoms with Crippen molar-refractivity contribution in [1.82, 2.24) is 25.3 Å². The van der Waals surface area contributed by atoms with E-state index in [1.165, 1.54) is 0 Å². The fraction of sp³-hybridized carbons (Fsp3) is 0.565. The zero-order chi connectivity index (χ0) is 22.2. The number of piperazine rings is 1. The Bertz CT molecular complexity index is 958. The van der Waals surface area contributed by atoms with Crippen molar-refractivity contribution < 1.29 is 19.2 Å². The molecule has 0 aliphatic carbocycles. The third-order valence-electron chi connectivity index (χ3n) is 7.05. The number of benzene rings is 1. The summed E-state index contributed by atoms with van der Waals surface area (Å²) in [6.45, 7) is 5.16. The van der Waals surface area contributed by atoms with Crippen LogP contribution in [0, 0.1) is 0 Å². The van der Waals surface area contributed by atoms with Gasteiger partial charge in [0.15, 0.2) is 0 Å². The van der Waals surface area contributed by atoms with Crippen molar-refractivity contribution in [3.05, 3.63) is 34.9 Å². The molecule has 4 aliphatic heterocycles. The number of carbonyl (C=O) groups excluding carboxylic acids is 4. The quantitative estimate of drug-likeness (QED) is 0.633. The molecule has 1 aromatic rings. The summed E-state index contributed by atoms with van der Waals surface area (Å²) < 4.78 is 0. The number of rotatable bonds is 4. The highest BCUT2D eigenvalue weighted by Gasteiger charge is 2.39. The van der Waals surface area contributed by atoms with Crippen LogP contribution >= 0.6 is 0 Å². The number of carbonyl (C=O) groups is 4. The molecule has 3 fully saturated rings. The van der Waals surface area contributed by atoms with Gasteiger partial charge in [-0.1, -0.05) is 12.1 Å². The molecule has 4 amide bonds. The van der Waals surface area contributed by atoms with E-state index in [1.54, 1.807) is 4.90 Å². The van der Waals surface area contributed by atoms with Crippen molar-refractivity contribution in [2.45, 2.75) is 50.9 Å². The molecule has 0 saturated carbocycles. The molecule has 170 valence electrons. The van der Waals surface area contributed by atoms with Crippen LogP contribution in [0.4, 0.5) is 0 Å². The fourth-order valence-electron chi connectivity index (χ4n) is 5.35. The van der Waals surface area contributed by atoms with Crippen LogP contribution in [0.25, 0.3) is 0 Å². The minimum atomic E-state index is -0.601. The number of hydrogen-bond donors (Lipinski definition) is 2. The molecule has 1 unspecified atom stereocenters. The summed E-state index contributed by atoms with van der Waals surface area (Å²) in [4.78, 5) is 55.4. The van der Waals surface area contributed by atoms with Crippen molar-refractivity contribution in [2.75, 3.05) is 32.7 Å². The second kappa shape index (κ2) is 8.63. The summed E-state index contributed by atoms with van der Waals surface area (Å²) in [6, 6.07) is 5.14. The second-order valence-corrected chi connectivity index (χ2v) is 9.10. The Morgan fingerprint density at radius 2 is 1.88 bits per heavy atom. The first-order valence-electron chi connectivity index (χ1n) is 11.5. The SMILES string of the molecule is O=C1CCC(N2Cc3cc(CN4CCC[C@H]4C(=O)N4CCNCC4)ccc3C2=O)C(=O)N1. The monoisotopic (exact) mass is 439 g/mol. The van der Waals surface area contributed by atoms with Crippen LogP contribution in [-0.4, -0.2) is 83.1 Å². The largest absolute Gasteiger partial charge is 0.339 e. The number of fused-ring (bicyclic) bond motifs is 1. The molecule has 4 aliphatic rings. The smallest absolute Gasteiger partial charge is 0.255 e. The van der Waals surface area contributed by atoms with Crippen molar-refractivity contribution in [2.24, 2.45) is 0 Å². The van der Waals surface area contributed by atoms with E-state index < -0.39 is 11.9 Å². The Morgan fingerprint density at radius 1 is 1.06 bits per heavy atom. The lowest BCUT2D eigenvalue weighted by atomic mass is 10.0. The van der Waals surface area contributed by atoms with Crippen LogP contribution in [0.2, 0.25) is 0 Å².